The van der Waals surface area contributed by atoms with Crippen molar-refractivity contribution in [1.29, 1.82) is 0 Å². The van der Waals surface area contributed by atoms with E-state index >= 15 is 0 Å². The van der Waals surface area contributed by atoms with Crippen molar-refractivity contribution in [3.05, 3.63) is 11.8 Å². The lowest BCUT2D eigenvalue weighted by molar-refractivity contribution is -0.228. The Morgan fingerprint density at radius 2 is 1.45 bits per heavy atom. The highest BCUT2D eigenvalue weighted by Crippen LogP contribution is 2.42. The molecule has 2 rings (SSSR count). The molecular formula is C13H17F6N. The normalized spacial score (nSPS) is 29.3. The Kier molecular flexibility index (Phi) is 4.25. The number of hydrogen-bond acceptors (Lipinski definition) is 1. The molecule has 2 unspecified atom stereocenters. The number of halogens is 6. The van der Waals surface area contributed by atoms with E-state index in [-0.39, 0.29) is 13.1 Å². The minimum absolute atomic E-state index is 0.345. The van der Waals surface area contributed by atoms with Crippen LogP contribution in [0.5, 0.6) is 0 Å². The first-order valence-corrected chi connectivity index (χ1v) is 6.75. The third-order valence-corrected chi connectivity index (χ3v) is 4.05. The fourth-order valence-corrected chi connectivity index (χ4v) is 2.92. The lowest BCUT2D eigenvalue weighted by atomic mass is 9.87. The van der Waals surface area contributed by atoms with Gasteiger partial charge < -0.3 is 4.90 Å². The molecule has 2 aliphatic rings. The molecule has 0 spiro atoms. The van der Waals surface area contributed by atoms with Crippen LogP contribution in [-0.4, -0.2) is 30.3 Å². The summed E-state index contributed by atoms with van der Waals surface area (Å²) in [6.07, 6.45) is -5.12. The zero-order valence-electron chi connectivity index (χ0n) is 10.9. The molecule has 0 aromatic carbocycles. The summed E-state index contributed by atoms with van der Waals surface area (Å²) in [6.45, 7) is -0.691. The van der Waals surface area contributed by atoms with E-state index in [4.69, 9.17) is 0 Å². The van der Waals surface area contributed by atoms with Crippen molar-refractivity contribution in [2.75, 3.05) is 13.1 Å². The Balaban J connectivity index is 2.17. The highest BCUT2D eigenvalue weighted by molar-refractivity contribution is 5.07. The van der Waals surface area contributed by atoms with Gasteiger partial charge in [0.2, 0.25) is 0 Å². The van der Waals surface area contributed by atoms with Crippen LogP contribution in [0, 0.1) is 11.8 Å². The number of allylic oxidation sites excluding steroid dienone is 2. The first-order chi connectivity index (χ1) is 9.18. The molecule has 1 nitrogen and oxygen atoms in total. The van der Waals surface area contributed by atoms with Crippen LogP contribution in [0.4, 0.5) is 26.3 Å². The van der Waals surface area contributed by atoms with Crippen LogP contribution in [-0.2, 0) is 0 Å². The van der Waals surface area contributed by atoms with E-state index in [9.17, 15) is 26.3 Å². The summed E-state index contributed by atoms with van der Waals surface area (Å²) in [5, 5.41) is 0. The van der Waals surface area contributed by atoms with E-state index < -0.39 is 30.6 Å². The number of piperidine rings is 1. The maximum absolute atomic E-state index is 12.8. The summed E-state index contributed by atoms with van der Waals surface area (Å²) in [5.74, 6) is -3.79. The highest BCUT2D eigenvalue weighted by Gasteiger charge is 2.51. The standard InChI is InChI=1S/C13H17F6N/c14-12(15,16)9-6-10(13(17,18)19)8-20(7-9)11-4-2-1-3-5-11/h4,9-10H,1-3,5-8H2. The smallest absolute Gasteiger partial charge is 0.374 e. The molecule has 0 saturated carbocycles. The quantitative estimate of drug-likeness (QED) is 0.644. The average molecular weight is 301 g/mol. The minimum atomic E-state index is -4.57. The van der Waals surface area contributed by atoms with Gasteiger partial charge in [0.25, 0.3) is 0 Å². The summed E-state index contributed by atoms with van der Waals surface area (Å²) >= 11 is 0. The second-order valence-electron chi connectivity index (χ2n) is 5.56. The lowest BCUT2D eigenvalue weighted by Gasteiger charge is -2.42. The van der Waals surface area contributed by atoms with E-state index in [1.165, 1.54) is 4.90 Å². The summed E-state index contributed by atoms with van der Waals surface area (Å²) in [7, 11) is 0. The van der Waals surface area contributed by atoms with Crippen LogP contribution in [0.2, 0.25) is 0 Å². The Morgan fingerprint density at radius 3 is 1.85 bits per heavy atom. The van der Waals surface area contributed by atoms with Crippen molar-refractivity contribution in [3.63, 3.8) is 0 Å². The molecule has 1 aliphatic heterocycles. The minimum Gasteiger partial charge on any atom is -0.374 e. The van der Waals surface area contributed by atoms with Gasteiger partial charge in [-0.05, 0) is 32.1 Å². The molecule has 0 amide bonds. The van der Waals surface area contributed by atoms with Crippen molar-refractivity contribution in [2.24, 2.45) is 11.8 Å². The average Bonchev–Trinajstić information content (AvgIpc) is 2.37. The molecule has 0 radical (unpaired) electrons. The molecule has 20 heavy (non-hydrogen) atoms. The van der Waals surface area contributed by atoms with Gasteiger partial charge >= 0.3 is 12.4 Å². The lowest BCUT2D eigenvalue weighted by Crippen LogP contribution is -2.49. The molecule has 7 heteroatoms. The van der Waals surface area contributed by atoms with Gasteiger partial charge in [0.15, 0.2) is 0 Å². The highest BCUT2D eigenvalue weighted by atomic mass is 19.4. The molecule has 0 aromatic rings. The fraction of sp³-hybridized carbons (Fsp3) is 0.846. The first-order valence-electron chi connectivity index (χ1n) is 6.75. The molecule has 0 bridgehead atoms. The van der Waals surface area contributed by atoms with Gasteiger partial charge in [0, 0.05) is 18.8 Å². The number of rotatable bonds is 1. The van der Waals surface area contributed by atoms with E-state index in [0.29, 0.717) is 12.1 Å². The topological polar surface area (TPSA) is 3.24 Å². The van der Waals surface area contributed by atoms with E-state index in [2.05, 4.69) is 0 Å². The summed E-state index contributed by atoms with van der Waals surface area (Å²) in [5.41, 5.74) is 0.652. The van der Waals surface area contributed by atoms with Gasteiger partial charge in [-0.2, -0.15) is 26.3 Å². The molecule has 1 fully saturated rings. The third-order valence-electron chi connectivity index (χ3n) is 4.05. The maximum Gasteiger partial charge on any atom is 0.393 e. The number of likely N-dealkylation sites (tertiary alicyclic amines) is 1. The van der Waals surface area contributed by atoms with Gasteiger partial charge in [-0.25, -0.2) is 0 Å². The van der Waals surface area contributed by atoms with E-state index in [1.807, 2.05) is 0 Å². The number of alkyl halides is 6. The van der Waals surface area contributed by atoms with Crippen LogP contribution in [0.15, 0.2) is 11.8 Å². The molecule has 116 valence electrons. The molecule has 1 heterocycles. The largest absolute Gasteiger partial charge is 0.393 e. The van der Waals surface area contributed by atoms with Crippen molar-refractivity contribution < 1.29 is 26.3 Å². The predicted molar refractivity (Wildman–Crippen MR) is 61.8 cm³/mol. The maximum atomic E-state index is 12.8. The fourth-order valence-electron chi connectivity index (χ4n) is 2.92. The van der Waals surface area contributed by atoms with Gasteiger partial charge in [-0.15, -0.1) is 0 Å². The second-order valence-corrected chi connectivity index (χ2v) is 5.56. The second kappa shape index (κ2) is 5.48. The van der Waals surface area contributed by atoms with Crippen LogP contribution in [0.25, 0.3) is 0 Å². The molecule has 2 atom stereocenters. The summed E-state index contributed by atoms with van der Waals surface area (Å²) in [6, 6.07) is 0. The zero-order valence-corrected chi connectivity index (χ0v) is 10.9. The number of hydrogen-bond donors (Lipinski definition) is 0. The van der Waals surface area contributed by atoms with Gasteiger partial charge in [0.1, 0.15) is 0 Å². The van der Waals surface area contributed by atoms with Gasteiger partial charge in [0.05, 0.1) is 11.8 Å². The Labute approximate surface area is 113 Å². The van der Waals surface area contributed by atoms with Crippen LogP contribution in [0.1, 0.15) is 32.1 Å². The van der Waals surface area contributed by atoms with Crippen molar-refractivity contribution in [2.45, 2.75) is 44.5 Å². The van der Waals surface area contributed by atoms with Crippen LogP contribution < -0.4 is 0 Å². The van der Waals surface area contributed by atoms with Gasteiger partial charge in [-0.3, -0.25) is 0 Å². The Hall–Kier alpha value is -0.880. The molecular weight excluding hydrogens is 284 g/mol. The summed E-state index contributed by atoms with van der Waals surface area (Å²) < 4.78 is 77.0. The molecule has 0 aromatic heterocycles. The zero-order chi connectivity index (χ0) is 15.0. The van der Waals surface area contributed by atoms with Crippen LogP contribution in [0.3, 0.4) is 0 Å². The van der Waals surface area contributed by atoms with E-state index in [1.54, 1.807) is 6.08 Å². The third kappa shape index (κ3) is 3.61. The van der Waals surface area contributed by atoms with Crippen molar-refractivity contribution in [3.8, 4) is 0 Å². The Morgan fingerprint density at radius 1 is 0.900 bits per heavy atom. The molecule has 1 saturated heterocycles. The van der Waals surface area contributed by atoms with Gasteiger partial charge in [-0.1, -0.05) is 6.08 Å². The predicted octanol–water partition coefficient (Wildman–Crippen LogP) is 4.51. The van der Waals surface area contributed by atoms with E-state index in [0.717, 1.165) is 19.3 Å². The SMILES string of the molecule is FC(F)(F)C1CC(C(F)(F)F)CN(C2=CCCCC2)C1. The summed E-state index contributed by atoms with van der Waals surface area (Å²) in [4.78, 5) is 1.30. The van der Waals surface area contributed by atoms with Crippen molar-refractivity contribution >= 4 is 0 Å². The number of nitrogens with zero attached hydrogens (tertiary/aromatic N) is 1. The molecule has 1 aliphatic carbocycles. The monoisotopic (exact) mass is 301 g/mol. The van der Waals surface area contributed by atoms with Crippen molar-refractivity contribution in [1.82, 2.24) is 4.90 Å². The Bertz CT molecular complexity index is 348. The first kappa shape index (κ1) is 15.5. The van der Waals surface area contributed by atoms with Crippen LogP contribution >= 0.6 is 0 Å². The molecule has 0 N–H and O–H groups in total.